The first-order chi connectivity index (χ1) is 10.2. The molecule has 5 nitrogen and oxygen atoms in total. The molecule has 0 aliphatic rings. The largest absolute Gasteiger partial charge is 0.508 e. The maximum absolute atomic E-state index is 12.2. The Labute approximate surface area is 122 Å². The predicted octanol–water partition coefficient (Wildman–Crippen LogP) is 2.77. The number of hydrogen-bond acceptors (Lipinski definition) is 5. The van der Waals surface area contributed by atoms with Gasteiger partial charge in [-0.15, -0.1) is 0 Å². The second-order valence-electron chi connectivity index (χ2n) is 4.28. The van der Waals surface area contributed by atoms with Crippen LogP contribution in [0.5, 0.6) is 17.2 Å². The number of phenolic OH excluding ortho intramolecular Hbond substituents is 1. The summed E-state index contributed by atoms with van der Waals surface area (Å²) in [5, 5.41) is 9.38. The van der Waals surface area contributed by atoms with Crippen molar-refractivity contribution in [1.82, 2.24) is 0 Å². The van der Waals surface area contributed by atoms with Gasteiger partial charge in [0.25, 0.3) is 0 Å². The molecule has 0 aliphatic heterocycles. The van der Waals surface area contributed by atoms with Crippen LogP contribution in [0.25, 0.3) is 0 Å². The van der Waals surface area contributed by atoms with Gasteiger partial charge in [0.2, 0.25) is 0 Å². The zero-order valence-corrected chi connectivity index (χ0v) is 11.8. The highest BCUT2D eigenvalue weighted by Crippen LogP contribution is 2.29. The van der Waals surface area contributed by atoms with Gasteiger partial charge >= 0.3 is 5.97 Å². The molecular formula is C16H16O5. The van der Waals surface area contributed by atoms with Gasteiger partial charge in [-0.05, 0) is 29.8 Å². The summed E-state index contributed by atoms with van der Waals surface area (Å²) in [6, 6.07) is 11.6. The van der Waals surface area contributed by atoms with Crippen LogP contribution in [0.4, 0.5) is 0 Å². The number of esters is 1. The molecule has 0 aromatic heterocycles. The van der Waals surface area contributed by atoms with E-state index in [2.05, 4.69) is 0 Å². The highest BCUT2D eigenvalue weighted by Gasteiger charge is 2.19. The van der Waals surface area contributed by atoms with Crippen LogP contribution in [0.3, 0.4) is 0 Å². The molecule has 0 bridgehead atoms. The molecule has 0 atom stereocenters. The molecule has 110 valence electrons. The molecule has 1 N–H and O–H groups in total. The molecular weight excluding hydrogens is 272 g/mol. The third-order valence-corrected chi connectivity index (χ3v) is 2.91. The van der Waals surface area contributed by atoms with E-state index in [-0.39, 0.29) is 17.9 Å². The summed E-state index contributed by atoms with van der Waals surface area (Å²) in [7, 11) is 2.95. The van der Waals surface area contributed by atoms with Crippen LogP contribution in [0, 0.1) is 0 Å². The van der Waals surface area contributed by atoms with Crippen LogP contribution in [-0.4, -0.2) is 25.3 Å². The topological polar surface area (TPSA) is 65.0 Å². The third-order valence-electron chi connectivity index (χ3n) is 2.91. The lowest BCUT2D eigenvalue weighted by molar-refractivity contribution is 0.0465. The van der Waals surface area contributed by atoms with Gasteiger partial charge in [0.15, 0.2) is 0 Å². The summed E-state index contributed by atoms with van der Waals surface area (Å²) in [6.45, 7) is 0.0500. The fraction of sp³-hybridized carbons (Fsp3) is 0.188. The Morgan fingerprint density at radius 3 is 2.24 bits per heavy atom. The molecule has 0 amide bonds. The monoisotopic (exact) mass is 288 g/mol. The smallest absolute Gasteiger partial charge is 0.346 e. The number of ether oxygens (including phenoxy) is 3. The van der Waals surface area contributed by atoms with Crippen molar-refractivity contribution in [2.75, 3.05) is 14.2 Å². The van der Waals surface area contributed by atoms with Gasteiger partial charge in [-0.1, -0.05) is 18.2 Å². The Morgan fingerprint density at radius 2 is 1.67 bits per heavy atom. The molecule has 0 unspecified atom stereocenters. The Balaban J connectivity index is 2.17. The molecule has 2 aromatic rings. The second kappa shape index (κ2) is 6.65. The first-order valence-corrected chi connectivity index (χ1v) is 6.31. The number of carbonyl (C=O) groups is 1. The zero-order valence-electron chi connectivity index (χ0n) is 11.8. The van der Waals surface area contributed by atoms with E-state index >= 15 is 0 Å². The zero-order chi connectivity index (χ0) is 15.2. The number of aromatic hydroxyl groups is 1. The van der Waals surface area contributed by atoms with Gasteiger partial charge in [-0.3, -0.25) is 0 Å². The Kier molecular flexibility index (Phi) is 4.66. The van der Waals surface area contributed by atoms with E-state index in [1.165, 1.54) is 20.3 Å². The summed E-state index contributed by atoms with van der Waals surface area (Å²) in [4.78, 5) is 12.2. The summed E-state index contributed by atoms with van der Waals surface area (Å²) in [5.74, 6) is 0.344. The minimum atomic E-state index is -0.548. The minimum Gasteiger partial charge on any atom is -0.508 e. The van der Waals surface area contributed by atoms with E-state index in [1.807, 2.05) is 0 Å². The average molecular weight is 288 g/mol. The fourth-order valence-corrected chi connectivity index (χ4v) is 1.92. The van der Waals surface area contributed by atoms with Crippen LogP contribution in [0.15, 0.2) is 42.5 Å². The summed E-state index contributed by atoms with van der Waals surface area (Å²) >= 11 is 0. The van der Waals surface area contributed by atoms with E-state index in [9.17, 15) is 9.90 Å². The molecule has 0 spiro atoms. The molecule has 5 heteroatoms. The SMILES string of the molecule is COc1cccc(OC)c1C(=O)OCc1cccc(O)c1. The van der Waals surface area contributed by atoms with Crippen molar-refractivity contribution in [3.63, 3.8) is 0 Å². The van der Waals surface area contributed by atoms with E-state index < -0.39 is 5.97 Å². The Bertz CT molecular complexity index is 614. The lowest BCUT2D eigenvalue weighted by Crippen LogP contribution is -2.09. The number of methoxy groups -OCH3 is 2. The maximum Gasteiger partial charge on any atom is 0.346 e. The molecule has 0 fully saturated rings. The van der Waals surface area contributed by atoms with Gasteiger partial charge in [-0.25, -0.2) is 4.79 Å². The first-order valence-electron chi connectivity index (χ1n) is 6.31. The number of carbonyl (C=O) groups excluding carboxylic acids is 1. The van der Waals surface area contributed by atoms with Crippen LogP contribution in [0.1, 0.15) is 15.9 Å². The Hall–Kier alpha value is -2.69. The lowest BCUT2D eigenvalue weighted by atomic mass is 10.1. The Morgan fingerprint density at radius 1 is 1.05 bits per heavy atom. The van der Waals surface area contributed by atoms with E-state index in [1.54, 1.807) is 36.4 Å². The minimum absolute atomic E-state index is 0.0500. The summed E-state index contributed by atoms with van der Waals surface area (Å²) < 4.78 is 15.6. The van der Waals surface area contributed by atoms with Crippen LogP contribution in [0.2, 0.25) is 0 Å². The van der Waals surface area contributed by atoms with Gasteiger partial charge in [0.1, 0.15) is 29.4 Å². The number of rotatable bonds is 5. The fourth-order valence-electron chi connectivity index (χ4n) is 1.92. The van der Waals surface area contributed by atoms with Crippen molar-refractivity contribution in [2.24, 2.45) is 0 Å². The van der Waals surface area contributed by atoms with Crippen molar-refractivity contribution < 1.29 is 24.1 Å². The third kappa shape index (κ3) is 3.45. The predicted molar refractivity (Wildman–Crippen MR) is 76.8 cm³/mol. The van der Waals surface area contributed by atoms with Gasteiger partial charge in [0, 0.05) is 0 Å². The van der Waals surface area contributed by atoms with Crippen molar-refractivity contribution in [3.05, 3.63) is 53.6 Å². The number of hydrogen-bond donors (Lipinski definition) is 1. The van der Waals surface area contributed by atoms with Crippen LogP contribution < -0.4 is 9.47 Å². The molecule has 0 radical (unpaired) electrons. The normalized spacial score (nSPS) is 10.0. The van der Waals surface area contributed by atoms with Gasteiger partial charge < -0.3 is 19.3 Å². The second-order valence-corrected chi connectivity index (χ2v) is 4.28. The van der Waals surface area contributed by atoms with E-state index in [0.29, 0.717) is 17.1 Å². The van der Waals surface area contributed by atoms with E-state index in [4.69, 9.17) is 14.2 Å². The summed E-state index contributed by atoms with van der Waals surface area (Å²) in [6.07, 6.45) is 0. The standard InChI is InChI=1S/C16H16O5/c1-19-13-7-4-8-14(20-2)15(13)16(18)21-10-11-5-3-6-12(17)9-11/h3-9,17H,10H2,1-2H3. The highest BCUT2D eigenvalue weighted by molar-refractivity contribution is 5.95. The quantitative estimate of drug-likeness (QED) is 0.857. The molecule has 21 heavy (non-hydrogen) atoms. The van der Waals surface area contributed by atoms with Crippen molar-refractivity contribution >= 4 is 5.97 Å². The van der Waals surface area contributed by atoms with Gasteiger partial charge in [0.05, 0.1) is 14.2 Å². The molecule has 0 heterocycles. The van der Waals surface area contributed by atoms with Gasteiger partial charge in [-0.2, -0.15) is 0 Å². The molecule has 0 saturated heterocycles. The molecule has 0 aliphatic carbocycles. The average Bonchev–Trinajstić information content (AvgIpc) is 2.51. The number of benzene rings is 2. The van der Waals surface area contributed by atoms with E-state index in [0.717, 1.165) is 0 Å². The first kappa shape index (κ1) is 14.7. The number of phenols is 1. The maximum atomic E-state index is 12.2. The van der Waals surface area contributed by atoms with Crippen molar-refractivity contribution in [2.45, 2.75) is 6.61 Å². The lowest BCUT2D eigenvalue weighted by Gasteiger charge is -2.12. The summed E-state index contributed by atoms with van der Waals surface area (Å²) in [5.41, 5.74) is 0.930. The van der Waals surface area contributed by atoms with Crippen LogP contribution in [-0.2, 0) is 11.3 Å². The molecule has 2 aromatic carbocycles. The van der Waals surface area contributed by atoms with Crippen molar-refractivity contribution in [3.8, 4) is 17.2 Å². The molecule has 2 rings (SSSR count). The highest BCUT2D eigenvalue weighted by atomic mass is 16.5. The van der Waals surface area contributed by atoms with Crippen molar-refractivity contribution in [1.29, 1.82) is 0 Å². The molecule has 0 saturated carbocycles. The van der Waals surface area contributed by atoms with Crippen LogP contribution >= 0.6 is 0 Å².